The van der Waals surface area contributed by atoms with E-state index in [0.29, 0.717) is 13.0 Å². The summed E-state index contributed by atoms with van der Waals surface area (Å²) >= 11 is 0. The van der Waals surface area contributed by atoms with E-state index in [9.17, 15) is 4.79 Å². The van der Waals surface area contributed by atoms with Gasteiger partial charge in [-0.1, -0.05) is 29.8 Å². The number of anilines is 1. The summed E-state index contributed by atoms with van der Waals surface area (Å²) in [7, 11) is 0. The second-order valence-corrected chi connectivity index (χ2v) is 6.31. The fourth-order valence-corrected chi connectivity index (χ4v) is 2.96. The van der Waals surface area contributed by atoms with Gasteiger partial charge in [0.1, 0.15) is 0 Å². The molecule has 0 atom stereocenters. The van der Waals surface area contributed by atoms with Gasteiger partial charge in [0.25, 0.3) is 0 Å². The number of benzene rings is 1. The molecule has 0 aliphatic carbocycles. The van der Waals surface area contributed by atoms with Gasteiger partial charge in [-0.3, -0.25) is 4.79 Å². The van der Waals surface area contributed by atoms with E-state index in [2.05, 4.69) is 45.3 Å². The van der Waals surface area contributed by atoms with Crippen LogP contribution in [0.1, 0.15) is 36.1 Å². The smallest absolute Gasteiger partial charge is 0.225 e. The predicted molar refractivity (Wildman–Crippen MR) is 94.8 cm³/mol. The van der Waals surface area contributed by atoms with E-state index in [1.165, 1.54) is 24.0 Å². The minimum atomic E-state index is 0.0536. The van der Waals surface area contributed by atoms with Crippen LogP contribution in [0.4, 0.5) is 5.95 Å². The van der Waals surface area contributed by atoms with Gasteiger partial charge in [0, 0.05) is 25.7 Å². The first-order chi connectivity index (χ1) is 11.7. The molecular weight excluding hydrogens is 300 g/mol. The quantitative estimate of drug-likeness (QED) is 0.887. The summed E-state index contributed by atoms with van der Waals surface area (Å²) in [5.74, 6) is 0.830. The lowest BCUT2D eigenvalue weighted by Crippen LogP contribution is -2.25. The van der Waals surface area contributed by atoms with Gasteiger partial charge in [-0.15, -0.1) is 0 Å². The van der Waals surface area contributed by atoms with E-state index in [1.54, 1.807) is 6.20 Å². The number of amides is 1. The number of carbonyl (C=O) groups excluding carboxylic acids is 1. The molecule has 5 heteroatoms. The third kappa shape index (κ3) is 4.54. The molecular formula is C19H24N4O. The molecule has 0 radical (unpaired) electrons. The van der Waals surface area contributed by atoms with Gasteiger partial charge in [0.05, 0.1) is 12.2 Å². The molecule has 1 saturated heterocycles. The highest BCUT2D eigenvalue weighted by Gasteiger charge is 2.15. The summed E-state index contributed by atoms with van der Waals surface area (Å²) in [5, 5.41) is 2.95. The minimum Gasteiger partial charge on any atom is -0.350 e. The van der Waals surface area contributed by atoms with Crippen molar-refractivity contribution in [2.24, 2.45) is 0 Å². The van der Waals surface area contributed by atoms with Crippen LogP contribution in [0.25, 0.3) is 0 Å². The van der Waals surface area contributed by atoms with Gasteiger partial charge in [-0.25, -0.2) is 9.97 Å². The van der Waals surface area contributed by atoms with Crippen molar-refractivity contribution < 1.29 is 4.79 Å². The van der Waals surface area contributed by atoms with Crippen LogP contribution in [-0.4, -0.2) is 29.0 Å². The number of aryl methyl sites for hydroxylation is 2. The van der Waals surface area contributed by atoms with Crippen molar-refractivity contribution >= 4 is 11.9 Å². The van der Waals surface area contributed by atoms with E-state index in [4.69, 9.17) is 0 Å². The molecule has 1 fully saturated rings. The summed E-state index contributed by atoms with van der Waals surface area (Å²) in [6.45, 7) is 4.56. The molecule has 1 aliphatic rings. The van der Waals surface area contributed by atoms with Gasteiger partial charge in [0.15, 0.2) is 0 Å². The highest BCUT2D eigenvalue weighted by Crippen LogP contribution is 2.15. The zero-order valence-corrected chi connectivity index (χ0v) is 14.2. The summed E-state index contributed by atoms with van der Waals surface area (Å²) in [6, 6.07) is 10.1. The Hall–Kier alpha value is -2.43. The zero-order chi connectivity index (χ0) is 16.8. The van der Waals surface area contributed by atoms with E-state index >= 15 is 0 Å². The van der Waals surface area contributed by atoms with Gasteiger partial charge >= 0.3 is 0 Å². The number of nitrogens with one attached hydrogen (secondary N) is 1. The Bertz CT molecular complexity index is 695. The van der Waals surface area contributed by atoms with Crippen LogP contribution in [-0.2, 0) is 17.8 Å². The van der Waals surface area contributed by atoms with Gasteiger partial charge in [0.2, 0.25) is 11.9 Å². The average molecular weight is 324 g/mol. The number of rotatable bonds is 6. The number of hydrogen-bond donors (Lipinski definition) is 1. The minimum absolute atomic E-state index is 0.0536. The Morgan fingerprint density at radius 1 is 1.25 bits per heavy atom. The predicted octanol–water partition coefficient (Wildman–Crippen LogP) is 2.63. The summed E-state index contributed by atoms with van der Waals surface area (Å²) in [4.78, 5) is 23.1. The van der Waals surface area contributed by atoms with E-state index < -0.39 is 0 Å². The van der Waals surface area contributed by atoms with E-state index in [1.807, 2.05) is 12.1 Å². The SMILES string of the molecule is Cc1cccc(CCC(=O)NCc2ccnc(N3CCCC3)n2)c1. The highest BCUT2D eigenvalue weighted by molar-refractivity contribution is 5.76. The van der Waals surface area contributed by atoms with E-state index in [0.717, 1.165) is 31.2 Å². The molecule has 5 nitrogen and oxygen atoms in total. The Balaban J connectivity index is 1.48. The van der Waals surface area contributed by atoms with Crippen molar-refractivity contribution in [1.82, 2.24) is 15.3 Å². The topological polar surface area (TPSA) is 58.1 Å². The average Bonchev–Trinajstić information content (AvgIpc) is 3.13. The Labute approximate surface area is 143 Å². The molecule has 24 heavy (non-hydrogen) atoms. The van der Waals surface area contributed by atoms with Crippen LogP contribution in [0.2, 0.25) is 0 Å². The first-order valence-corrected chi connectivity index (χ1v) is 8.60. The van der Waals surface area contributed by atoms with Crippen molar-refractivity contribution in [3.05, 3.63) is 53.3 Å². The Morgan fingerprint density at radius 3 is 2.88 bits per heavy atom. The van der Waals surface area contributed by atoms with Crippen LogP contribution in [0, 0.1) is 6.92 Å². The molecule has 1 amide bonds. The lowest BCUT2D eigenvalue weighted by Gasteiger charge is -2.15. The molecule has 0 bridgehead atoms. The number of hydrogen-bond acceptors (Lipinski definition) is 4. The molecule has 1 N–H and O–H groups in total. The second-order valence-electron chi connectivity index (χ2n) is 6.31. The lowest BCUT2D eigenvalue weighted by atomic mass is 10.1. The normalized spacial score (nSPS) is 14.0. The zero-order valence-electron chi connectivity index (χ0n) is 14.2. The molecule has 0 spiro atoms. The second kappa shape index (κ2) is 7.90. The molecule has 126 valence electrons. The molecule has 1 aliphatic heterocycles. The number of nitrogens with zero attached hydrogens (tertiary/aromatic N) is 3. The van der Waals surface area contributed by atoms with Crippen LogP contribution < -0.4 is 10.2 Å². The largest absolute Gasteiger partial charge is 0.350 e. The van der Waals surface area contributed by atoms with Crippen molar-refractivity contribution in [3.8, 4) is 0 Å². The lowest BCUT2D eigenvalue weighted by molar-refractivity contribution is -0.121. The standard InChI is InChI=1S/C19H24N4O/c1-15-5-4-6-16(13-15)7-8-18(24)21-14-17-9-10-20-19(22-17)23-11-2-3-12-23/h4-6,9-10,13H,2-3,7-8,11-12,14H2,1H3,(H,21,24). The third-order valence-corrected chi connectivity index (χ3v) is 4.28. The Kier molecular flexibility index (Phi) is 5.41. The monoisotopic (exact) mass is 324 g/mol. The molecule has 1 aromatic carbocycles. The fraction of sp³-hybridized carbons (Fsp3) is 0.421. The Morgan fingerprint density at radius 2 is 2.08 bits per heavy atom. The molecule has 0 saturated carbocycles. The van der Waals surface area contributed by atoms with Crippen LogP contribution in [0.15, 0.2) is 36.5 Å². The fourth-order valence-electron chi connectivity index (χ4n) is 2.96. The molecule has 3 rings (SSSR count). The van der Waals surface area contributed by atoms with Gasteiger partial charge in [-0.2, -0.15) is 0 Å². The highest BCUT2D eigenvalue weighted by atomic mass is 16.1. The number of aromatic nitrogens is 2. The molecule has 1 aromatic heterocycles. The summed E-state index contributed by atoms with van der Waals surface area (Å²) in [5.41, 5.74) is 3.28. The van der Waals surface area contributed by atoms with Gasteiger partial charge < -0.3 is 10.2 Å². The maximum absolute atomic E-state index is 12.1. The summed E-state index contributed by atoms with van der Waals surface area (Å²) < 4.78 is 0. The van der Waals surface area contributed by atoms with Crippen molar-refractivity contribution in [2.75, 3.05) is 18.0 Å². The van der Waals surface area contributed by atoms with Crippen molar-refractivity contribution in [3.63, 3.8) is 0 Å². The first-order valence-electron chi connectivity index (χ1n) is 8.60. The van der Waals surface area contributed by atoms with Crippen LogP contribution in [0.5, 0.6) is 0 Å². The molecule has 2 heterocycles. The third-order valence-electron chi connectivity index (χ3n) is 4.28. The van der Waals surface area contributed by atoms with E-state index in [-0.39, 0.29) is 5.91 Å². The first kappa shape index (κ1) is 16.4. The maximum Gasteiger partial charge on any atom is 0.225 e. The van der Waals surface area contributed by atoms with Gasteiger partial charge in [-0.05, 0) is 37.8 Å². The number of carbonyl (C=O) groups is 1. The van der Waals surface area contributed by atoms with Crippen molar-refractivity contribution in [1.29, 1.82) is 0 Å². The van der Waals surface area contributed by atoms with Crippen LogP contribution >= 0.6 is 0 Å². The molecule has 0 unspecified atom stereocenters. The molecule has 2 aromatic rings. The summed E-state index contributed by atoms with van der Waals surface area (Å²) in [6.07, 6.45) is 5.42. The maximum atomic E-state index is 12.1. The van der Waals surface area contributed by atoms with Crippen molar-refractivity contribution in [2.45, 2.75) is 39.2 Å². The van der Waals surface area contributed by atoms with Crippen LogP contribution in [0.3, 0.4) is 0 Å².